The quantitative estimate of drug-likeness (QED) is 0.708. The van der Waals surface area contributed by atoms with Crippen molar-refractivity contribution in [3.05, 3.63) is 0 Å². The molecule has 4 heteroatoms. The molecule has 0 bridgehead atoms. The minimum absolute atomic E-state index is 0.172. The number of carbonyl (C=O) groups is 1. The summed E-state index contributed by atoms with van der Waals surface area (Å²) in [4.78, 5) is 14.2. The molecule has 2 aliphatic rings. The van der Waals surface area contributed by atoms with E-state index in [0.29, 0.717) is 11.8 Å². The summed E-state index contributed by atoms with van der Waals surface area (Å²) in [7, 11) is 0. The Hall–Kier alpha value is -0.610. The highest BCUT2D eigenvalue weighted by molar-refractivity contribution is 5.79. The van der Waals surface area contributed by atoms with Crippen LogP contribution in [0.25, 0.3) is 0 Å². The summed E-state index contributed by atoms with van der Waals surface area (Å²) in [5.74, 6) is 0.769. The molecule has 16 heavy (non-hydrogen) atoms. The molecule has 2 heterocycles. The third kappa shape index (κ3) is 2.74. The van der Waals surface area contributed by atoms with Gasteiger partial charge in [0.25, 0.3) is 0 Å². The molecule has 2 N–H and O–H groups in total. The fraction of sp³-hybridized carbons (Fsp3) is 0.917. The lowest BCUT2D eigenvalue weighted by Crippen LogP contribution is -2.47. The summed E-state index contributed by atoms with van der Waals surface area (Å²) in [5, 5.41) is 12.4. The van der Waals surface area contributed by atoms with Gasteiger partial charge in [-0.15, -0.1) is 0 Å². The van der Waals surface area contributed by atoms with Crippen molar-refractivity contribution in [3.8, 4) is 0 Å². The molecule has 0 aromatic rings. The average molecular weight is 226 g/mol. The van der Waals surface area contributed by atoms with Crippen LogP contribution < -0.4 is 5.32 Å². The van der Waals surface area contributed by atoms with Gasteiger partial charge in [-0.3, -0.25) is 4.79 Å². The van der Waals surface area contributed by atoms with E-state index in [2.05, 4.69) is 5.32 Å². The fourth-order valence-corrected chi connectivity index (χ4v) is 2.74. The second kappa shape index (κ2) is 5.64. The summed E-state index contributed by atoms with van der Waals surface area (Å²) in [6, 6.07) is 0. The Balaban J connectivity index is 1.87. The van der Waals surface area contributed by atoms with Crippen LogP contribution in [0.5, 0.6) is 0 Å². The number of hydrogen-bond donors (Lipinski definition) is 2. The normalized spacial score (nSPS) is 31.4. The molecule has 0 aromatic heterocycles. The molecule has 0 radical (unpaired) electrons. The van der Waals surface area contributed by atoms with Crippen molar-refractivity contribution in [1.29, 1.82) is 0 Å². The van der Waals surface area contributed by atoms with Gasteiger partial charge in [0.15, 0.2) is 0 Å². The van der Waals surface area contributed by atoms with Crippen LogP contribution in [0.1, 0.15) is 25.7 Å². The molecule has 2 saturated heterocycles. The largest absolute Gasteiger partial charge is 0.396 e. The topological polar surface area (TPSA) is 52.6 Å². The molecule has 2 fully saturated rings. The van der Waals surface area contributed by atoms with E-state index in [-0.39, 0.29) is 12.5 Å². The van der Waals surface area contributed by atoms with Gasteiger partial charge in [0.2, 0.25) is 5.91 Å². The lowest BCUT2D eigenvalue weighted by Gasteiger charge is -2.35. The maximum atomic E-state index is 12.2. The Morgan fingerprint density at radius 2 is 2.25 bits per heavy atom. The van der Waals surface area contributed by atoms with Crippen molar-refractivity contribution in [2.45, 2.75) is 25.7 Å². The van der Waals surface area contributed by atoms with Crippen molar-refractivity contribution in [1.82, 2.24) is 10.2 Å². The van der Waals surface area contributed by atoms with Gasteiger partial charge >= 0.3 is 0 Å². The molecule has 2 aliphatic heterocycles. The fourth-order valence-electron chi connectivity index (χ4n) is 2.74. The summed E-state index contributed by atoms with van der Waals surface area (Å²) >= 11 is 0. The van der Waals surface area contributed by atoms with Gasteiger partial charge in [-0.25, -0.2) is 0 Å². The summed E-state index contributed by atoms with van der Waals surface area (Å²) in [6.07, 6.45) is 4.22. The second-order valence-corrected chi connectivity index (χ2v) is 5.02. The summed E-state index contributed by atoms with van der Waals surface area (Å²) in [5.41, 5.74) is 0. The molecule has 0 aromatic carbocycles. The number of nitrogens with one attached hydrogen (secondary N) is 1. The summed E-state index contributed by atoms with van der Waals surface area (Å²) in [6.45, 7) is 3.73. The number of aliphatic hydroxyl groups excluding tert-OH is 1. The zero-order valence-electron chi connectivity index (χ0n) is 9.82. The highest BCUT2D eigenvalue weighted by Gasteiger charge is 2.29. The third-order valence-corrected chi connectivity index (χ3v) is 3.73. The molecule has 0 aliphatic carbocycles. The molecule has 0 spiro atoms. The predicted octanol–water partition coefficient (Wildman–Crippen LogP) is 0.217. The van der Waals surface area contributed by atoms with Gasteiger partial charge in [0.1, 0.15) is 0 Å². The number of aliphatic hydroxyl groups is 1. The maximum absolute atomic E-state index is 12.2. The number of likely N-dealkylation sites (tertiary alicyclic amines) is 1. The summed E-state index contributed by atoms with van der Waals surface area (Å²) < 4.78 is 0. The van der Waals surface area contributed by atoms with E-state index in [9.17, 15) is 4.79 Å². The minimum Gasteiger partial charge on any atom is -0.396 e. The van der Waals surface area contributed by atoms with Crippen LogP contribution in [0, 0.1) is 11.8 Å². The molecule has 2 atom stereocenters. The van der Waals surface area contributed by atoms with Gasteiger partial charge in [-0.05, 0) is 38.1 Å². The van der Waals surface area contributed by atoms with Crippen molar-refractivity contribution >= 4 is 5.91 Å². The molecule has 1 amide bonds. The number of hydrogen-bond acceptors (Lipinski definition) is 3. The molecule has 0 saturated carbocycles. The van der Waals surface area contributed by atoms with E-state index in [0.717, 1.165) is 51.9 Å². The zero-order valence-corrected chi connectivity index (χ0v) is 9.82. The van der Waals surface area contributed by atoms with E-state index >= 15 is 0 Å². The van der Waals surface area contributed by atoms with Crippen molar-refractivity contribution < 1.29 is 9.90 Å². The first-order valence-electron chi connectivity index (χ1n) is 6.41. The van der Waals surface area contributed by atoms with Crippen LogP contribution in [-0.4, -0.2) is 48.7 Å². The van der Waals surface area contributed by atoms with Crippen LogP contribution in [-0.2, 0) is 4.79 Å². The Morgan fingerprint density at radius 1 is 1.38 bits per heavy atom. The van der Waals surface area contributed by atoms with Crippen LogP contribution in [0.3, 0.4) is 0 Å². The molecule has 4 nitrogen and oxygen atoms in total. The van der Waals surface area contributed by atoms with E-state index in [4.69, 9.17) is 5.11 Å². The number of piperidine rings is 2. The van der Waals surface area contributed by atoms with E-state index in [1.165, 1.54) is 0 Å². The number of carbonyl (C=O) groups excluding carboxylic acids is 1. The first kappa shape index (κ1) is 11.9. The lowest BCUT2D eigenvalue weighted by atomic mass is 9.94. The Kier molecular flexibility index (Phi) is 4.18. The standard InChI is InChI=1S/C12H22N2O2/c15-9-10-3-2-6-14(8-10)12(16)11-4-1-5-13-7-11/h10-11,13,15H,1-9H2/t10?,11-/m0/s1. The molecule has 2 rings (SSSR count). The minimum atomic E-state index is 0.172. The SMILES string of the molecule is O=C([C@H]1CCCNC1)N1CCCC(CO)C1. The van der Waals surface area contributed by atoms with Gasteiger partial charge in [0, 0.05) is 26.2 Å². The second-order valence-electron chi connectivity index (χ2n) is 5.02. The third-order valence-electron chi connectivity index (χ3n) is 3.73. The molecular weight excluding hydrogens is 204 g/mol. The maximum Gasteiger partial charge on any atom is 0.226 e. The Bertz CT molecular complexity index is 239. The molecule has 92 valence electrons. The van der Waals surface area contributed by atoms with E-state index < -0.39 is 0 Å². The van der Waals surface area contributed by atoms with Crippen LogP contribution in [0.15, 0.2) is 0 Å². The van der Waals surface area contributed by atoms with Gasteiger partial charge in [-0.1, -0.05) is 0 Å². The predicted molar refractivity (Wildman–Crippen MR) is 62.0 cm³/mol. The number of nitrogens with zero attached hydrogens (tertiary/aromatic N) is 1. The highest BCUT2D eigenvalue weighted by Crippen LogP contribution is 2.20. The zero-order chi connectivity index (χ0) is 11.4. The first-order valence-corrected chi connectivity index (χ1v) is 6.41. The van der Waals surface area contributed by atoms with Gasteiger partial charge in [0.05, 0.1) is 5.92 Å². The number of amides is 1. The first-order chi connectivity index (χ1) is 7.81. The van der Waals surface area contributed by atoms with Gasteiger partial charge in [-0.2, -0.15) is 0 Å². The average Bonchev–Trinajstić information content (AvgIpc) is 2.39. The van der Waals surface area contributed by atoms with Crippen LogP contribution in [0.2, 0.25) is 0 Å². The van der Waals surface area contributed by atoms with Crippen LogP contribution in [0.4, 0.5) is 0 Å². The molecular formula is C12H22N2O2. The van der Waals surface area contributed by atoms with Crippen LogP contribution >= 0.6 is 0 Å². The number of rotatable bonds is 2. The Labute approximate surface area is 97.0 Å². The van der Waals surface area contributed by atoms with Crippen molar-refractivity contribution in [2.24, 2.45) is 11.8 Å². The van der Waals surface area contributed by atoms with E-state index in [1.807, 2.05) is 4.90 Å². The Morgan fingerprint density at radius 3 is 2.94 bits per heavy atom. The highest BCUT2D eigenvalue weighted by atomic mass is 16.3. The monoisotopic (exact) mass is 226 g/mol. The van der Waals surface area contributed by atoms with Crippen molar-refractivity contribution in [2.75, 3.05) is 32.8 Å². The lowest BCUT2D eigenvalue weighted by molar-refractivity contribution is -0.138. The van der Waals surface area contributed by atoms with Crippen molar-refractivity contribution in [3.63, 3.8) is 0 Å². The smallest absolute Gasteiger partial charge is 0.226 e. The van der Waals surface area contributed by atoms with E-state index in [1.54, 1.807) is 0 Å². The molecule has 1 unspecified atom stereocenters. The van der Waals surface area contributed by atoms with Gasteiger partial charge < -0.3 is 15.3 Å².